The van der Waals surface area contributed by atoms with Crippen LogP contribution in [-0.2, 0) is 0 Å². The summed E-state index contributed by atoms with van der Waals surface area (Å²) in [6.45, 7) is 7.69. The van der Waals surface area contributed by atoms with Gasteiger partial charge in [-0.3, -0.25) is 9.59 Å². The van der Waals surface area contributed by atoms with Gasteiger partial charge in [-0.2, -0.15) is 0 Å². The summed E-state index contributed by atoms with van der Waals surface area (Å²) in [4.78, 5) is 23.4. The van der Waals surface area contributed by atoms with Gasteiger partial charge >= 0.3 is 0 Å². The van der Waals surface area contributed by atoms with Gasteiger partial charge in [-0.15, -0.1) is 0 Å². The summed E-state index contributed by atoms with van der Waals surface area (Å²) in [6.07, 6.45) is -0.281. The molecule has 0 aliphatic heterocycles. The Hall–Kier alpha value is -1.72. The molecule has 0 saturated heterocycles. The van der Waals surface area contributed by atoms with E-state index in [0.29, 0.717) is 29.8 Å². The molecule has 5 heteroatoms. The molecule has 0 bridgehead atoms. The van der Waals surface area contributed by atoms with E-state index in [1.807, 2.05) is 13.8 Å². The minimum Gasteiger partial charge on any atom is -0.490 e. The molecule has 0 heterocycles. The van der Waals surface area contributed by atoms with Gasteiger partial charge in [0.25, 0.3) is 0 Å². The second-order valence-electron chi connectivity index (χ2n) is 5.57. The van der Waals surface area contributed by atoms with Crippen LogP contribution in [0.3, 0.4) is 0 Å². The molecule has 0 aliphatic rings. The van der Waals surface area contributed by atoms with Crippen molar-refractivity contribution < 1.29 is 19.4 Å². The molecule has 0 fully saturated rings. The van der Waals surface area contributed by atoms with Crippen molar-refractivity contribution in [2.24, 2.45) is 0 Å². The van der Waals surface area contributed by atoms with Crippen LogP contribution in [-0.4, -0.2) is 42.0 Å². The number of nitrogens with one attached hydrogen (secondary N) is 1. The molecule has 0 spiro atoms. The van der Waals surface area contributed by atoms with Crippen LogP contribution in [0.25, 0.3) is 0 Å². The summed E-state index contributed by atoms with van der Waals surface area (Å²) in [5, 5.41) is 13.0. The normalized spacial score (nSPS) is 12.3. The quantitative estimate of drug-likeness (QED) is 0.684. The first-order valence-electron chi connectivity index (χ1n) is 7.57. The van der Waals surface area contributed by atoms with Crippen LogP contribution in [0, 0.1) is 0 Å². The lowest BCUT2D eigenvalue weighted by Gasteiger charge is -2.16. The monoisotopic (exact) mass is 307 g/mol. The highest BCUT2D eigenvalue weighted by atomic mass is 16.5. The Labute approximate surface area is 131 Å². The van der Waals surface area contributed by atoms with Crippen LogP contribution < -0.4 is 10.1 Å². The second-order valence-corrected chi connectivity index (χ2v) is 5.57. The van der Waals surface area contributed by atoms with Crippen LogP contribution in [0.5, 0.6) is 5.75 Å². The predicted molar refractivity (Wildman–Crippen MR) is 85.7 cm³/mol. The zero-order chi connectivity index (χ0) is 16.7. The number of Topliss-reactive ketones (excluding diaryl/α,β-unsaturated/α-hetero) is 2. The number of rotatable bonds is 9. The third-order valence-electron chi connectivity index (χ3n) is 3.19. The first kappa shape index (κ1) is 18.3. The molecular weight excluding hydrogens is 282 g/mol. The number of benzene rings is 1. The van der Waals surface area contributed by atoms with E-state index in [9.17, 15) is 14.7 Å². The summed E-state index contributed by atoms with van der Waals surface area (Å²) in [6, 6.07) is 5.10. The van der Waals surface area contributed by atoms with Gasteiger partial charge in [0, 0.05) is 24.6 Å². The molecule has 1 atom stereocenters. The molecule has 22 heavy (non-hydrogen) atoms. The van der Waals surface area contributed by atoms with Crippen molar-refractivity contribution in [2.75, 3.05) is 13.2 Å². The highest BCUT2D eigenvalue weighted by molar-refractivity contribution is 6.02. The number of carbonyl (C=O) groups excluding carboxylic acids is 2. The molecular formula is C17H25NO4. The smallest absolute Gasteiger partial charge is 0.163 e. The minimum atomic E-state index is -0.667. The van der Waals surface area contributed by atoms with Crippen LogP contribution in [0.15, 0.2) is 18.2 Å². The number of hydrogen-bond acceptors (Lipinski definition) is 5. The van der Waals surface area contributed by atoms with E-state index < -0.39 is 6.10 Å². The highest BCUT2D eigenvalue weighted by Crippen LogP contribution is 2.22. The summed E-state index contributed by atoms with van der Waals surface area (Å²) in [7, 11) is 0. The molecule has 0 aliphatic carbocycles. The molecule has 0 amide bonds. The summed E-state index contributed by atoms with van der Waals surface area (Å²) in [5.41, 5.74) is 0.866. The van der Waals surface area contributed by atoms with Gasteiger partial charge in [0.2, 0.25) is 0 Å². The molecule has 0 radical (unpaired) electrons. The van der Waals surface area contributed by atoms with E-state index >= 15 is 0 Å². The number of aliphatic hydroxyl groups is 1. The first-order valence-corrected chi connectivity index (χ1v) is 7.57. The van der Waals surface area contributed by atoms with E-state index in [1.165, 1.54) is 6.92 Å². The Morgan fingerprint density at radius 3 is 2.55 bits per heavy atom. The van der Waals surface area contributed by atoms with Gasteiger partial charge in [-0.25, -0.2) is 0 Å². The highest BCUT2D eigenvalue weighted by Gasteiger charge is 2.14. The Morgan fingerprint density at radius 1 is 1.32 bits per heavy atom. The van der Waals surface area contributed by atoms with Gasteiger partial charge in [0.1, 0.15) is 18.5 Å². The lowest BCUT2D eigenvalue weighted by Crippen LogP contribution is -2.35. The third-order valence-corrected chi connectivity index (χ3v) is 3.19. The maximum absolute atomic E-state index is 11.7. The number of aliphatic hydroxyl groups excluding tert-OH is 1. The minimum absolute atomic E-state index is 0.0183. The van der Waals surface area contributed by atoms with E-state index in [0.717, 1.165) is 0 Å². The predicted octanol–water partition coefficient (Wildman–Crippen LogP) is 2.22. The molecule has 1 aromatic rings. The van der Waals surface area contributed by atoms with Gasteiger partial charge < -0.3 is 15.2 Å². The van der Waals surface area contributed by atoms with E-state index in [2.05, 4.69) is 5.32 Å². The van der Waals surface area contributed by atoms with Crippen LogP contribution >= 0.6 is 0 Å². The van der Waals surface area contributed by atoms with E-state index in [4.69, 9.17) is 4.74 Å². The van der Waals surface area contributed by atoms with Crippen molar-refractivity contribution in [2.45, 2.75) is 46.3 Å². The fourth-order valence-electron chi connectivity index (χ4n) is 1.93. The summed E-state index contributed by atoms with van der Waals surface area (Å²) in [5.74, 6) is 0.203. The Balaban J connectivity index is 2.77. The van der Waals surface area contributed by atoms with Gasteiger partial charge in [-0.05, 0) is 25.1 Å². The lowest BCUT2D eigenvalue weighted by atomic mass is 10.0. The Morgan fingerprint density at radius 2 is 2.00 bits per heavy atom. The van der Waals surface area contributed by atoms with Crippen LogP contribution in [0.4, 0.5) is 0 Å². The number of ketones is 2. The van der Waals surface area contributed by atoms with Gasteiger partial charge in [0.05, 0.1) is 5.56 Å². The van der Waals surface area contributed by atoms with Crippen LogP contribution in [0.1, 0.15) is 54.8 Å². The zero-order valence-electron chi connectivity index (χ0n) is 13.7. The first-order chi connectivity index (χ1) is 10.3. The fourth-order valence-corrected chi connectivity index (χ4v) is 1.93. The van der Waals surface area contributed by atoms with Crippen molar-refractivity contribution in [3.05, 3.63) is 29.3 Å². The molecule has 2 N–H and O–H groups in total. The topological polar surface area (TPSA) is 75.6 Å². The van der Waals surface area contributed by atoms with Crippen molar-refractivity contribution >= 4 is 11.6 Å². The third kappa shape index (κ3) is 5.58. The van der Waals surface area contributed by atoms with Crippen LogP contribution in [0.2, 0.25) is 0 Å². The SMILES string of the molecule is CCC(=O)c1ccc(OCC(O)CNC(C)C)c(C(C)=O)c1. The fraction of sp³-hybridized carbons (Fsp3) is 0.529. The number of hydrogen-bond donors (Lipinski definition) is 2. The largest absolute Gasteiger partial charge is 0.490 e. The number of ether oxygens (including phenoxy) is 1. The van der Waals surface area contributed by atoms with Gasteiger partial charge in [0.15, 0.2) is 11.6 Å². The van der Waals surface area contributed by atoms with Crippen molar-refractivity contribution in [3.63, 3.8) is 0 Å². The average Bonchev–Trinajstić information content (AvgIpc) is 2.49. The number of carbonyl (C=O) groups is 2. The molecule has 1 unspecified atom stereocenters. The molecule has 1 rings (SSSR count). The average molecular weight is 307 g/mol. The summed E-state index contributed by atoms with van der Waals surface area (Å²) >= 11 is 0. The maximum Gasteiger partial charge on any atom is 0.163 e. The molecule has 0 aromatic heterocycles. The molecule has 0 saturated carbocycles. The lowest BCUT2D eigenvalue weighted by molar-refractivity contribution is 0.0967. The van der Waals surface area contributed by atoms with Crippen molar-refractivity contribution in [1.29, 1.82) is 0 Å². The molecule has 1 aromatic carbocycles. The van der Waals surface area contributed by atoms with Gasteiger partial charge in [-0.1, -0.05) is 20.8 Å². The second kappa shape index (κ2) is 8.66. The zero-order valence-corrected chi connectivity index (χ0v) is 13.7. The van der Waals surface area contributed by atoms with E-state index in [1.54, 1.807) is 25.1 Å². The maximum atomic E-state index is 11.7. The molecule has 122 valence electrons. The standard InChI is InChI=1S/C17H25NO4/c1-5-16(21)13-6-7-17(15(8-13)12(4)19)22-10-14(20)9-18-11(2)3/h6-8,11,14,18,20H,5,9-10H2,1-4H3. The van der Waals surface area contributed by atoms with Crippen molar-refractivity contribution in [1.82, 2.24) is 5.32 Å². The Kier molecular flexibility index (Phi) is 7.21. The molecule has 5 nitrogen and oxygen atoms in total. The summed E-state index contributed by atoms with van der Waals surface area (Å²) < 4.78 is 5.54. The van der Waals surface area contributed by atoms with E-state index in [-0.39, 0.29) is 24.2 Å². The Bertz CT molecular complexity index is 525. The van der Waals surface area contributed by atoms with Crippen molar-refractivity contribution in [3.8, 4) is 5.75 Å².